The molecule has 5 aromatic rings. The fraction of sp³-hybridized carbons (Fsp3) is 0.189. The molecule has 5 heteroatoms. The minimum absolute atomic E-state index is 0. The van der Waals surface area contributed by atoms with Gasteiger partial charge < -0.3 is 19.9 Å². The van der Waals surface area contributed by atoms with Crippen LogP contribution in [0.25, 0.3) is 0 Å². The van der Waals surface area contributed by atoms with Crippen LogP contribution in [0.5, 0.6) is 17.2 Å². The quantitative estimate of drug-likeness (QED) is 0.144. The van der Waals surface area contributed by atoms with Crippen LogP contribution in [0.3, 0.4) is 0 Å². The highest BCUT2D eigenvalue weighted by molar-refractivity contribution is 5.85. The molecule has 0 radical (unpaired) electrons. The molecule has 0 bridgehead atoms. The molecule has 0 heterocycles. The highest BCUT2D eigenvalue weighted by Gasteiger charge is 2.17. The van der Waals surface area contributed by atoms with Gasteiger partial charge >= 0.3 is 0 Å². The minimum atomic E-state index is 0. The van der Waals surface area contributed by atoms with Crippen LogP contribution >= 0.6 is 12.4 Å². The Labute approximate surface area is 255 Å². The van der Waals surface area contributed by atoms with E-state index < -0.39 is 0 Å². The summed E-state index contributed by atoms with van der Waals surface area (Å²) in [5, 5.41) is 0. The van der Waals surface area contributed by atoms with Crippen LogP contribution in [0.4, 0.5) is 0 Å². The molecular formula is C37H38ClNO3. The lowest BCUT2D eigenvalue weighted by atomic mass is 9.96. The molecule has 0 saturated heterocycles. The lowest BCUT2D eigenvalue weighted by Gasteiger charge is -2.20. The first-order chi connectivity index (χ1) is 20.3. The van der Waals surface area contributed by atoms with Crippen LogP contribution in [0, 0.1) is 0 Å². The van der Waals surface area contributed by atoms with Crippen LogP contribution < -0.4 is 19.9 Å². The zero-order chi connectivity index (χ0) is 28.1. The molecule has 5 aromatic carbocycles. The SMILES string of the molecule is Cl.NCCc1ccc(OCc2ccccc2)c(OCc2ccccc2)c1CCc1cccc(OCc2ccccc2)c1. The summed E-state index contributed by atoms with van der Waals surface area (Å²) < 4.78 is 19.0. The van der Waals surface area contributed by atoms with Gasteiger partial charge in [0.25, 0.3) is 0 Å². The van der Waals surface area contributed by atoms with Crippen molar-refractivity contribution in [3.63, 3.8) is 0 Å². The topological polar surface area (TPSA) is 53.7 Å². The predicted molar refractivity (Wildman–Crippen MR) is 173 cm³/mol. The molecule has 42 heavy (non-hydrogen) atoms. The van der Waals surface area contributed by atoms with Gasteiger partial charge in [0.05, 0.1) is 0 Å². The second-order valence-corrected chi connectivity index (χ2v) is 10.0. The number of aryl methyl sites for hydroxylation is 1. The van der Waals surface area contributed by atoms with Crippen LogP contribution in [0.2, 0.25) is 0 Å². The monoisotopic (exact) mass is 579 g/mol. The van der Waals surface area contributed by atoms with Gasteiger partial charge in [0.2, 0.25) is 0 Å². The van der Waals surface area contributed by atoms with E-state index in [0.29, 0.717) is 26.4 Å². The third kappa shape index (κ3) is 8.87. The minimum Gasteiger partial charge on any atom is -0.489 e. The lowest BCUT2D eigenvalue weighted by molar-refractivity contribution is 0.253. The summed E-state index contributed by atoms with van der Waals surface area (Å²) in [4.78, 5) is 0. The van der Waals surface area contributed by atoms with Crippen molar-refractivity contribution < 1.29 is 14.2 Å². The first kappa shape index (κ1) is 30.7. The number of hydrogen-bond acceptors (Lipinski definition) is 4. The van der Waals surface area contributed by atoms with E-state index >= 15 is 0 Å². The van der Waals surface area contributed by atoms with Crippen molar-refractivity contribution in [1.29, 1.82) is 0 Å². The maximum atomic E-state index is 6.54. The summed E-state index contributed by atoms with van der Waals surface area (Å²) in [6.45, 7) is 2.05. The van der Waals surface area contributed by atoms with E-state index in [9.17, 15) is 0 Å². The van der Waals surface area contributed by atoms with Crippen molar-refractivity contribution >= 4 is 12.4 Å². The van der Waals surface area contributed by atoms with Crippen LogP contribution in [0.15, 0.2) is 127 Å². The summed E-state index contributed by atoms with van der Waals surface area (Å²) in [6.07, 6.45) is 2.41. The molecule has 0 fully saturated rings. The van der Waals surface area contributed by atoms with Crippen molar-refractivity contribution in [2.75, 3.05) is 6.54 Å². The standard InChI is InChI=1S/C37H37NO3.ClH/c38-24-23-33-20-22-36(40-27-31-13-6-2-7-14-31)37(41-28-32-15-8-3-9-16-32)35(33)21-19-29-17-10-18-34(25-29)39-26-30-11-4-1-5-12-30;/h1-18,20,22,25H,19,21,23-24,26-28,38H2;1H. The molecule has 0 unspecified atom stereocenters. The number of halogens is 1. The van der Waals surface area contributed by atoms with Gasteiger partial charge in [-0.2, -0.15) is 0 Å². The third-order valence-electron chi connectivity index (χ3n) is 7.01. The molecule has 0 aromatic heterocycles. The van der Waals surface area contributed by atoms with Crippen molar-refractivity contribution in [3.05, 3.63) is 161 Å². The van der Waals surface area contributed by atoms with E-state index in [1.807, 2.05) is 66.7 Å². The molecule has 4 nitrogen and oxygen atoms in total. The number of rotatable bonds is 14. The summed E-state index contributed by atoms with van der Waals surface area (Å²) in [6, 6.07) is 43.2. The Balaban J connectivity index is 0.00000405. The van der Waals surface area contributed by atoms with Gasteiger partial charge in [-0.25, -0.2) is 0 Å². The maximum Gasteiger partial charge on any atom is 0.165 e. The van der Waals surface area contributed by atoms with Crippen molar-refractivity contribution in [1.82, 2.24) is 0 Å². The van der Waals surface area contributed by atoms with Gasteiger partial charge in [-0.3, -0.25) is 0 Å². The number of ether oxygens (including phenoxy) is 3. The number of hydrogen-bond donors (Lipinski definition) is 1. The van der Waals surface area contributed by atoms with Crippen molar-refractivity contribution in [2.24, 2.45) is 5.73 Å². The largest absolute Gasteiger partial charge is 0.489 e. The van der Waals surface area contributed by atoms with Crippen molar-refractivity contribution in [2.45, 2.75) is 39.1 Å². The second kappa shape index (κ2) is 16.3. The summed E-state index contributed by atoms with van der Waals surface area (Å²) >= 11 is 0. The molecule has 0 aliphatic carbocycles. The van der Waals surface area contributed by atoms with Crippen LogP contribution in [-0.4, -0.2) is 6.54 Å². The van der Waals surface area contributed by atoms with Gasteiger partial charge in [0.1, 0.15) is 25.6 Å². The van der Waals surface area contributed by atoms with Gasteiger partial charge in [-0.15, -0.1) is 12.4 Å². The highest BCUT2D eigenvalue weighted by Crippen LogP contribution is 2.36. The Bertz CT molecular complexity index is 1490. The summed E-state index contributed by atoms with van der Waals surface area (Å²) in [5.74, 6) is 2.42. The Morgan fingerprint density at radius 1 is 0.476 bits per heavy atom. The van der Waals surface area contributed by atoms with Crippen LogP contribution in [-0.2, 0) is 39.1 Å². The van der Waals surface area contributed by atoms with Crippen molar-refractivity contribution in [3.8, 4) is 17.2 Å². The molecule has 0 atom stereocenters. The lowest BCUT2D eigenvalue weighted by Crippen LogP contribution is -2.10. The molecule has 0 amide bonds. The zero-order valence-electron chi connectivity index (χ0n) is 23.8. The summed E-state index contributed by atoms with van der Waals surface area (Å²) in [5.41, 5.74) is 13.0. The average Bonchev–Trinajstić information content (AvgIpc) is 3.03. The molecular weight excluding hydrogens is 542 g/mol. The Morgan fingerprint density at radius 3 is 1.62 bits per heavy atom. The van der Waals surface area contributed by atoms with E-state index in [4.69, 9.17) is 19.9 Å². The highest BCUT2D eigenvalue weighted by atomic mass is 35.5. The first-order valence-electron chi connectivity index (χ1n) is 14.2. The molecule has 0 saturated carbocycles. The Hall–Kier alpha value is -4.25. The third-order valence-corrected chi connectivity index (χ3v) is 7.01. The maximum absolute atomic E-state index is 6.54. The molecule has 0 aliphatic rings. The fourth-order valence-electron chi connectivity index (χ4n) is 4.85. The van der Waals surface area contributed by atoms with Gasteiger partial charge in [0, 0.05) is 5.56 Å². The molecule has 2 N–H and O–H groups in total. The van der Waals surface area contributed by atoms with E-state index in [1.54, 1.807) is 0 Å². The zero-order valence-corrected chi connectivity index (χ0v) is 24.6. The molecule has 0 aliphatic heterocycles. The first-order valence-corrected chi connectivity index (χ1v) is 14.2. The summed E-state index contributed by atoms with van der Waals surface area (Å²) in [7, 11) is 0. The van der Waals surface area contributed by atoms with E-state index in [2.05, 4.69) is 60.7 Å². The van der Waals surface area contributed by atoms with Gasteiger partial charge in [-0.05, 0) is 71.8 Å². The van der Waals surface area contributed by atoms with Gasteiger partial charge in [-0.1, -0.05) is 109 Å². The van der Waals surface area contributed by atoms with E-state index in [1.165, 1.54) is 11.1 Å². The van der Waals surface area contributed by atoms with E-state index in [-0.39, 0.29) is 12.4 Å². The average molecular weight is 580 g/mol. The Kier molecular flexibility index (Phi) is 11.9. The number of benzene rings is 5. The fourth-order valence-corrected chi connectivity index (χ4v) is 4.85. The Morgan fingerprint density at radius 2 is 1.02 bits per heavy atom. The van der Waals surface area contributed by atoms with Crippen LogP contribution in [0.1, 0.15) is 33.4 Å². The second-order valence-electron chi connectivity index (χ2n) is 10.0. The molecule has 5 rings (SSSR count). The molecule has 0 spiro atoms. The van der Waals surface area contributed by atoms with Gasteiger partial charge in [0.15, 0.2) is 11.5 Å². The smallest absolute Gasteiger partial charge is 0.165 e. The predicted octanol–water partition coefficient (Wildman–Crippen LogP) is 8.13. The molecule has 216 valence electrons. The normalized spacial score (nSPS) is 10.5. The van der Waals surface area contributed by atoms with E-state index in [0.717, 1.165) is 58.8 Å². The number of nitrogens with two attached hydrogens (primary N) is 1.